The Bertz CT molecular complexity index is 2690. The lowest BCUT2D eigenvalue weighted by Gasteiger charge is -2.30. The van der Waals surface area contributed by atoms with E-state index in [9.17, 15) is 33.6 Å². The monoisotopic (exact) mass is 1020 g/mol. The van der Waals surface area contributed by atoms with E-state index in [1.807, 2.05) is 48.5 Å². The molecular formula is C54H66N6O14. The van der Waals surface area contributed by atoms with Crippen molar-refractivity contribution in [1.82, 2.24) is 31.5 Å². The maximum atomic E-state index is 14.6. The summed E-state index contributed by atoms with van der Waals surface area (Å²) in [6, 6.07) is 19.8. The quantitative estimate of drug-likeness (QED) is 0.0527. The molecule has 20 heteroatoms. The van der Waals surface area contributed by atoms with Crippen molar-refractivity contribution in [1.29, 1.82) is 0 Å². The average Bonchev–Trinajstić information content (AvgIpc) is 3.66. The molecule has 3 atom stereocenters. The summed E-state index contributed by atoms with van der Waals surface area (Å²) >= 11 is 0. The molecule has 1 heterocycles. The van der Waals surface area contributed by atoms with Crippen molar-refractivity contribution in [3.05, 3.63) is 101 Å². The van der Waals surface area contributed by atoms with Crippen molar-refractivity contribution in [3.8, 4) is 39.5 Å². The topological polar surface area (TPSA) is 247 Å². The standard InChI is InChI=1S/C54H66N6O14/c1-31-47(62)59-41(49(64)69-10)26-32-25-39(46(68-9)43(27-32)71-24-22-56-52(67)74-54(5,6)7)38-28-33(19-20-42(38)70-23-21-55-51(66)73-53(2,3)4)45(48(63)58-31)60(8)44(61)29-57-50(65)72-30-40-36-17-13-11-15-34(36)35-16-12-14-18-37(35)40/h11-20,25,27-28,31,40-41,45H,21-24,26,29-30H2,1-10H3,(H,55,66)(H,56,67)(H,57,65)(H,58,63)(H,59,62)/t31-,41-,45-/m0/s1. The van der Waals surface area contributed by atoms with Gasteiger partial charge in [-0.1, -0.05) is 54.6 Å². The molecule has 0 fully saturated rings. The lowest BCUT2D eigenvalue weighted by atomic mass is 9.93. The summed E-state index contributed by atoms with van der Waals surface area (Å²) in [7, 11) is 3.95. The van der Waals surface area contributed by atoms with Crippen molar-refractivity contribution in [2.45, 2.75) is 90.1 Å². The molecule has 4 aromatic carbocycles. The minimum atomic E-state index is -1.45. The fraction of sp³-hybridized carbons (Fsp3) is 0.426. The van der Waals surface area contributed by atoms with Gasteiger partial charge in [-0.3, -0.25) is 14.4 Å². The molecule has 74 heavy (non-hydrogen) atoms. The third kappa shape index (κ3) is 14.3. The fourth-order valence-electron chi connectivity index (χ4n) is 8.45. The fourth-order valence-corrected chi connectivity index (χ4v) is 8.45. The van der Waals surface area contributed by atoms with Crippen LogP contribution in [0.15, 0.2) is 78.9 Å². The van der Waals surface area contributed by atoms with Gasteiger partial charge in [0.15, 0.2) is 11.5 Å². The van der Waals surface area contributed by atoms with Crippen LogP contribution < -0.4 is 40.8 Å². The van der Waals surface area contributed by atoms with Gasteiger partial charge in [0.1, 0.15) is 61.4 Å². The number of likely N-dealkylation sites (N-methyl/N-ethyl adjacent to an activating group) is 1. The zero-order chi connectivity index (χ0) is 53.9. The van der Waals surface area contributed by atoms with Gasteiger partial charge in [0, 0.05) is 30.5 Å². The van der Waals surface area contributed by atoms with E-state index in [1.54, 1.807) is 71.9 Å². The molecule has 6 rings (SSSR count). The predicted molar refractivity (Wildman–Crippen MR) is 272 cm³/mol. The SMILES string of the molecule is COC(=O)[C@@H]1Cc2cc(OCCNC(=O)OC(C)(C)C)c(OC)c(c2)-c2cc(ccc2OCCNC(=O)OC(C)(C)C)[C@H](N(C)C(=O)CNC(=O)OCC2c3ccccc3-c3ccccc32)C(=O)N[C@@H](C)C(=O)N1. The van der Waals surface area contributed by atoms with Crippen molar-refractivity contribution < 1.29 is 66.7 Å². The number of carbonyl (C=O) groups excluding carboxylic acids is 7. The lowest BCUT2D eigenvalue weighted by Crippen LogP contribution is -2.53. The Hall–Kier alpha value is -8.03. The molecule has 0 spiro atoms. The molecule has 1 aliphatic heterocycles. The second kappa shape index (κ2) is 24.1. The zero-order valence-electron chi connectivity index (χ0n) is 43.4. The van der Waals surface area contributed by atoms with Crippen molar-refractivity contribution in [2.24, 2.45) is 0 Å². The molecule has 5 N–H and O–H groups in total. The Labute approximate surface area is 430 Å². The van der Waals surface area contributed by atoms with Crippen molar-refractivity contribution in [2.75, 3.05) is 60.7 Å². The minimum absolute atomic E-state index is 0.000356. The second-order valence-electron chi connectivity index (χ2n) is 19.6. The van der Waals surface area contributed by atoms with Gasteiger partial charge in [0.2, 0.25) is 17.7 Å². The van der Waals surface area contributed by atoms with E-state index in [2.05, 4.69) is 26.6 Å². The van der Waals surface area contributed by atoms with Crippen LogP contribution in [0.2, 0.25) is 0 Å². The normalized spacial score (nSPS) is 16.3. The molecular weight excluding hydrogens is 957 g/mol. The number of nitrogens with one attached hydrogen (secondary N) is 5. The summed E-state index contributed by atoms with van der Waals surface area (Å²) in [4.78, 5) is 95.2. The number of nitrogens with zero attached hydrogens (tertiary/aromatic N) is 1. The van der Waals surface area contributed by atoms with Gasteiger partial charge in [-0.05, 0) is 106 Å². The zero-order valence-corrected chi connectivity index (χ0v) is 43.4. The van der Waals surface area contributed by atoms with Gasteiger partial charge in [-0.25, -0.2) is 19.2 Å². The number of alkyl carbamates (subject to hydrolysis) is 3. The molecule has 6 amide bonds. The number of esters is 1. The van der Waals surface area contributed by atoms with Crippen molar-refractivity contribution >= 4 is 42.0 Å². The summed E-state index contributed by atoms with van der Waals surface area (Å²) in [5.41, 5.74) is 3.95. The van der Waals surface area contributed by atoms with Crippen LogP contribution in [-0.4, -0.2) is 131 Å². The van der Waals surface area contributed by atoms with Crippen LogP contribution in [0.3, 0.4) is 0 Å². The first kappa shape index (κ1) is 55.3. The molecule has 0 saturated heterocycles. The first-order chi connectivity index (χ1) is 35.1. The molecule has 0 aromatic heterocycles. The Morgan fingerprint density at radius 3 is 1.82 bits per heavy atom. The largest absolute Gasteiger partial charge is 0.492 e. The number of ether oxygens (including phenoxy) is 7. The maximum absolute atomic E-state index is 14.6. The molecule has 4 bridgehead atoms. The average molecular weight is 1020 g/mol. The molecule has 1 aliphatic carbocycles. The molecule has 0 radical (unpaired) electrons. The van der Waals surface area contributed by atoms with Crippen LogP contribution in [0, 0.1) is 0 Å². The number of carbonyl (C=O) groups is 7. The van der Waals surface area contributed by atoms with Gasteiger partial charge >= 0.3 is 24.2 Å². The van der Waals surface area contributed by atoms with Crippen LogP contribution in [0.5, 0.6) is 17.2 Å². The Kier molecular flexibility index (Phi) is 18.0. The lowest BCUT2D eigenvalue weighted by molar-refractivity contribution is -0.145. The number of hydrogen-bond acceptors (Lipinski definition) is 14. The van der Waals surface area contributed by atoms with Gasteiger partial charge in [0.05, 0.1) is 27.3 Å². The van der Waals surface area contributed by atoms with Crippen LogP contribution in [-0.2, 0) is 44.5 Å². The smallest absolute Gasteiger partial charge is 0.407 e. The Morgan fingerprint density at radius 2 is 1.26 bits per heavy atom. The molecule has 2 aliphatic rings. The molecule has 0 unspecified atom stereocenters. The minimum Gasteiger partial charge on any atom is -0.492 e. The highest BCUT2D eigenvalue weighted by molar-refractivity contribution is 5.95. The molecule has 396 valence electrons. The van der Waals surface area contributed by atoms with E-state index in [0.29, 0.717) is 16.7 Å². The number of hydrogen-bond donors (Lipinski definition) is 5. The summed E-state index contributed by atoms with van der Waals surface area (Å²) in [5, 5.41) is 13.2. The predicted octanol–water partition coefficient (Wildman–Crippen LogP) is 5.93. The maximum Gasteiger partial charge on any atom is 0.407 e. The van der Waals surface area contributed by atoms with E-state index in [-0.39, 0.29) is 68.1 Å². The summed E-state index contributed by atoms with van der Waals surface area (Å²) in [6.45, 7) is 11.1. The third-order valence-corrected chi connectivity index (χ3v) is 11.7. The van der Waals surface area contributed by atoms with Crippen LogP contribution >= 0.6 is 0 Å². The van der Waals surface area contributed by atoms with Gasteiger partial charge in [-0.2, -0.15) is 0 Å². The first-order valence-corrected chi connectivity index (χ1v) is 24.1. The van der Waals surface area contributed by atoms with Crippen molar-refractivity contribution in [3.63, 3.8) is 0 Å². The highest BCUT2D eigenvalue weighted by Gasteiger charge is 2.35. The Balaban J connectivity index is 1.35. The summed E-state index contributed by atoms with van der Waals surface area (Å²) in [6.07, 6.45) is -2.31. The highest BCUT2D eigenvalue weighted by atomic mass is 16.6. The Morgan fingerprint density at radius 1 is 0.676 bits per heavy atom. The van der Waals surface area contributed by atoms with Crippen LogP contribution in [0.1, 0.15) is 82.7 Å². The number of methoxy groups -OCH3 is 2. The first-order valence-electron chi connectivity index (χ1n) is 24.1. The summed E-state index contributed by atoms with van der Waals surface area (Å²) in [5.74, 6) is -2.70. The molecule has 0 saturated carbocycles. The van der Waals surface area contributed by atoms with Gasteiger partial charge in [0.25, 0.3) is 0 Å². The van der Waals surface area contributed by atoms with E-state index in [0.717, 1.165) is 27.2 Å². The van der Waals surface area contributed by atoms with Crippen LogP contribution in [0.25, 0.3) is 22.3 Å². The summed E-state index contributed by atoms with van der Waals surface area (Å²) < 4.78 is 40.1. The second-order valence-corrected chi connectivity index (χ2v) is 19.6. The van der Waals surface area contributed by atoms with E-state index >= 15 is 0 Å². The van der Waals surface area contributed by atoms with Crippen LogP contribution in [0.4, 0.5) is 14.4 Å². The number of rotatable bonds is 15. The van der Waals surface area contributed by atoms with Gasteiger partial charge < -0.3 is 64.6 Å². The van der Waals surface area contributed by atoms with E-state index in [4.69, 9.17) is 33.2 Å². The van der Waals surface area contributed by atoms with Gasteiger partial charge in [-0.15, -0.1) is 0 Å². The number of amides is 6. The number of benzene rings is 4. The number of fused-ring (bicyclic) bond motifs is 8. The van der Waals surface area contributed by atoms with E-state index in [1.165, 1.54) is 28.2 Å². The highest BCUT2D eigenvalue weighted by Crippen LogP contribution is 2.46. The third-order valence-electron chi connectivity index (χ3n) is 11.7. The molecule has 20 nitrogen and oxygen atoms in total. The molecule has 4 aromatic rings. The van der Waals surface area contributed by atoms with E-state index < -0.39 is 77.8 Å².